The lowest BCUT2D eigenvalue weighted by Crippen LogP contribution is -2.30. The molecule has 0 aromatic carbocycles. The van der Waals surface area contributed by atoms with Gasteiger partial charge in [0.1, 0.15) is 5.82 Å². The zero-order valence-electron chi connectivity index (χ0n) is 11.8. The fourth-order valence-corrected chi connectivity index (χ4v) is 2.02. The summed E-state index contributed by atoms with van der Waals surface area (Å²) in [4.78, 5) is 6.44. The summed E-state index contributed by atoms with van der Waals surface area (Å²) in [5.74, 6) is 0.939. The van der Waals surface area contributed by atoms with Crippen molar-refractivity contribution in [1.82, 2.24) is 10.3 Å². The molecule has 1 aromatic rings. The van der Waals surface area contributed by atoms with E-state index in [0.717, 1.165) is 18.8 Å². The molecule has 0 saturated heterocycles. The highest BCUT2D eigenvalue weighted by Crippen LogP contribution is 2.22. The molecule has 0 radical (unpaired) electrons. The topological polar surface area (TPSA) is 48.4 Å². The van der Waals surface area contributed by atoms with Crippen molar-refractivity contribution >= 4 is 5.82 Å². The first-order valence-electron chi connectivity index (χ1n) is 6.63. The molecule has 0 spiro atoms. The number of rotatable bonds is 7. The highest BCUT2D eigenvalue weighted by molar-refractivity contribution is 5.47. The second-order valence-electron chi connectivity index (χ2n) is 4.82. The normalized spacial score (nSPS) is 14.3. The van der Waals surface area contributed by atoms with E-state index in [1.807, 2.05) is 18.0 Å². The highest BCUT2D eigenvalue weighted by atomic mass is 16.3. The lowest BCUT2D eigenvalue weighted by Gasteiger charge is -2.25. The molecule has 4 nitrogen and oxygen atoms in total. The zero-order valence-corrected chi connectivity index (χ0v) is 11.8. The van der Waals surface area contributed by atoms with Gasteiger partial charge >= 0.3 is 0 Å². The molecule has 0 fully saturated rings. The van der Waals surface area contributed by atoms with Crippen molar-refractivity contribution in [1.29, 1.82) is 0 Å². The minimum atomic E-state index is -0.358. The largest absolute Gasteiger partial charge is 0.392 e. The van der Waals surface area contributed by atoms with Gasteiger partial charge in [0.05, 0.1) is 6.10 Å². The van der Waals surface area contributed by atoms with E-state index in [-0.39, 0.29) is 12.1 Å². The summed E-state index contributed by atoms with van der Waals surface area (Å²) in [6.45, 7) is 7.67. The molecule has 2 unspecified atom stereocenters. The first-order chi connectivity index (χ1) is 8.56. The molecule has 0 aliphatic rings. The van der Waals surface area contributed by atoms with Crippen LogP contribution in [-0.2, 0) is 0 Å². The molecular weight excluding hydrogens is 226 g/mol. The van der Waals surface area contributed by atoms with E-state index >= 15 is 0 Å². The number of aliphatic hydroxyl groups is 1. The Morgan fingerprint density at radius 3 is 2.78 bits per heavy atom. The summed E-state index contributed by atoms with van der Waals surface area (Å²) in [6.07, 6.45) is 2.55. The Hall–Kier alpha value is -1.13. The number of aliphatic hydroxyl groups excluding tert-OH is 1. The Morgan fingerprint density at radius 2 is 2.17 bits per heavy atom. The van der Waals surface area contributed by atoms with E-state index in [9.17, 15) is 5.11 Å². The monoisotopic (exact) mass is 251 g/mol. The van der Waals surface area contributed by atoms with Crippen LogP contribution in [-0.4, -0.2) is 36.3 Å². The van der Waals surface area contributed by atoms with Gasteiger partial charge in [-0.15, -0.1) is 0 Å². The summed E-state index contributed by atoms with van der Waals surface area (Å²) in [7, 11) is 1.96. The molecule has 102 valence electrons. The van der Waals surface area contributed by atoms with Crippen LogP contribution >= 0.6 is 0 Å². The van der Waals surface area contributed by atoms with Crippen LogP contribution in [0.3, 0.4) is 0 Å². The van der Waals surface area contributed by atoms with E-state index in [4.69, 9.17) is 0 Å². The maximum absolute atomic E-state index is 9.47. The van der Waals surface area contributed by atoms with Crippen LogP contribution in [0.15, 0.2) is 18.3 Å². The maximum atomic E-state index is 9.47. The van der Waals surface area contributed by atoms with Crippen LogP contribution in [0.1, 0.15) is 38.8 Å². The summed E-state index contributed by atoms with van der Waals surface area (Å²) in [5, 5.41) is 12.9. The van der Waals surface area contributed by atoms with Gasteiger partial charge in [-0.25, -0.2) is 4.98 Å². The van der Waals surface area contributed by atoms with E-state index < -0.39 is 0 Å². The SMILES string of the molecule is CCCNC(C)c1cccnc1N(C)CC(C)O. The van der Waals surface area contributed by atoms with Crippen molar-refractivity contribution in [3.05, 3.63) is 23.9 Å². The molecule has 1 heterocycles. The fourth-order valence-electron chi connectivity index (χ4n) is 2.02. The van der Waals surface area contributed by atoms with Crippen LogP contribution in [0.5, 0.6) is 0 Å². The lowest BCUT2D eigenvalue weighted by molar-refractivity contribution is 0.201. The van der Waals surface area contributed by atoms with Crippen molar-refractivity contribution < 1.29 is 5.11 Å². The van der Waals surface area contributed by atoms with E-state index in [1.165, 1.54) is 5.56 Å². The smallest absolute Gasteiger partial charge is 0.133 e. The van der Waals surface area contributed by atoms with Crippen molar-refractivity contribution in [2.24, 2.45) is 0 Å². The molecule has 2 atom stereocenters. The van der Waals surface area contributed by atoms with Gasteiger partial charge in [-0.3, -0.25) is 0 Å². The van der Waals surface area contributed by atoms with E-state index in [0.29, 0.717) is 6.54 Å². The minimum Gasteiger partial charge on any atom is -0.392 e. The number of pyridine rings is 1. The van der Waals surface area contributed by atoms with Crippen LogP contribution in [0.4, 0.5) is 5.82 Å². The third-order valence-electron chi connectivity index (χ3n) is 2.88. The molecule has 1 aromatic heterocycles. The average molecular weight is 251 g/mol. The average Bonchev–Trinajstić information content (AvgIpc) is 2.35. The molecule has 0 saturated carbocycles. The van der Waals surface area contributed by atoms with Gasteiger partial charge in [0, 0.05) is 31.4 Å². The third kappa shape index (κ3) is 4.27. The predicted octanol–water partition coefficient (Wildman–Crippen LogP) is 1.96. The maximum Gasteiger partial charge on any atom is 0.133 e. The van der Waals surface area contributed by atoms with Crippen LogP contribution in [0, 0.1) is 0 Å². The Bertz CT molecular complexity index is 355. The van der Waals surface area contributed by atoms with Crippen LogP contribution < -0.4 is 10.2 Å². The predicted molar refractivity (Wildman–Crippen MR) is 75.9 cm³/mol. The second kappa shape index (κ2) is 7.34. The first kappa shape index (κ1) is 14.9. The quantitative estimate of drug-likeness (QED) is 0.778. The zero-order chi connectivity index (χ0) is 13.5. The Labute approximate surface area is 110 Å². The number of aromatic nitrogens is 1. The standard InChI is InChI=1S/C14H25N3O/c1-5-8-15-12(3)13-7-6-9-16-14(13)17(4)10-11(2)18/h6-7,9,11-12,15,18H,5,8,10H2,1-4H3. The Morgan fingerprint density at radius 1 is 1.44 bits per heavy atom. The van der Waals surface area contributed by atoms with Gasteiger partial charge in [0.2, 0.25) is 0 Å². The van der Waals surface area contributed by atoms with E-state index in [1.54, 1.807) is 13.1 Å². The molecule has 0 aliphatic heterocycles. The number of nitrogens with zero attached hydrogens (tertiary/aromatic N) is 2. The van der Waals surface area contributed by atoms with Crippen molar-refractivity contribution in [3.63, 3.8) is 0 Å². The van der Waals surface area contributed by atoms with Gasteiger partial charge in [0.25, 0.3) is 0 Å². The van der Waals surface area contributed by atoms with Gasteiger partial charge in [-0.1, -0.05) is 13.0 Å². The number of likely N-dealkylation sites (N-methyl/N-ethyl adjacent to an activating group) is 1. The third-order valence-corrected chi connectivity index (χ3v) is 2.88. The fraction of sp³-hybridized carbons (Fsp3) is 0.643. The summed E-state index contributed by atoms with van der Waals surface area (Å²) in [5.41, 5.74) is 1.18. The summed E-state index contributed by atoms with van der Waals surface area (Å²) in [6, 6.07) is 4.32. The summed E-state index contributed by atoms with van der Waals surface area (Å²) < 4.78 is 0. The summed E-state index contributed by atoms with van der Waals surface area (Å²) >= 11 is 0. The second-order valence-corrected chi connectivity index (χ2v) is 4.82. The number of anilines is 1. The molecular formula is C14H25N3O. The van der Waals surface area contributed by atoms with Gasteiger partial charge in [-0.05, 0) is 32.9 Å². The molecule has 0 aliphatic carbocycles. The molecule has 0 amide bonds. The minimum absolute atomic E-state index is 0.269. The molecule has 18 heavy (non-hydrogen) atoms. The molecule has 1 rings (SSSR count). The van der Waals surface area contributed by atoms with Gasteiger partial charge in [0.15, 0.2) is 0 Å². The number of hydrogen-bond donors (Lipinski definition) is 2. The Kier molecular flexibility index (Phi) is 6.09. The van der Waals surface area contributed by atoms with Crippen LogP contribution in [0.2, 0.25) is 0 Å². The number of nitrogens with one attached hydrogen (secondary N) is 1. The van der Waals surface area contributed by atoms with Crippen LogP contribution in [0.25, 0.3) is 0 Å². The Balaban J connectivity index is 2.84. The van der Waals surface area contributed by atoms with Crippen molar-refractivity contribution in [2.75, 3.05) is 25.0 Å². The molecule has 2 N–H and O–H groups in total. The van der Waals surface area contributed by atoms with Crippen molar-refractivity contribution in [2.45, 2.75) is 39.3 Å². The van der Waals surface area contributed by atoms with Gasteiger partial charge in [-0.2, -0.15) is 0 Å². The van der Waals surface area contributed by atoms with Crippen molar-refractivity contribution in [3.8, 4) is 0 Å². The van der Waals surface area contributed by atoms with E-state index in [2.05, 4.69) is 30.2 Å². The molecule has 0 bridgehead atoms. The molecule has 4 heteroatoms. The first-order valence-corrected chi connectivity index (χ1v) is 6.63. The number of hydrogen-bond acceptors (Lipinski definition) is 4. The lowest BCUT2D eigenvalue weighted by atomic mass is 10.1. The van der Waals surface area contributed by atoms with Gasteiger partial charge < -0.3 is 15.3 Å². The highest BCUT2D eigenvalue weighted by Gasteiger charge is 2.14.